The number of rotatable bonds is 5. The van der Waals surface area contributed by atoms with Gasteiger partial charge in [-0.15, -0.1) is 0 Å². The van der Waals surface area contributed by atoms with E-state index in [-0.39, 0.29) is 17.0 Å². The lowest BCUT2D eigenvalue weighted by Gasteiger charge is -2.10. The Balaban J connectivity index is 1.74. The maximum Gasteiger partial charge on any atom is 0.335 e. The molecule has 7 nitrogen and oxygen atoms in total. The van der Waals surface area contributed by atoms with Crippen LogP contribution in [0.2, 0.25) is 0 Å². The molecule has 3 aromatic carbocycles. The number of nitrogens with one attached hydrogen (secondary N) is 1. The van der Waals surface area contributed by atoms with E-state index in [0.29, 0.717) is 11.3 Å². The average molecular weight is 441 g/mol. The van der Waals surface area contributed by atoms with Gasteiger partial charge in [0.05, 0.1) is 22.4 Å². The number of aromatic carboxylic acids is 1. The smallest absolute Gasteiger partial charge is 0.335 e. The van der Waals surface area contributed by atoms with Crippen molar-refractivity contribution in [1.29, 1.82) is 0 Å². The zero-order chi connectivity index (χ0) is 23.7. The Morgan fingerprint density at radius 2 is 1.64 bits per heavy atom. The number of hydrogen-bond acceptors (Lipinski definition) is 4. The fourth-order valence-electron chi connectivity index (χ4n) is 3.76. The van der Waals surface area contributed by atoms with Crippen molar-refractivity contribution in [3.63, 3.8) is 0 Å². The molecule has 4 aromatic rings. The summed E-state index contributed by atoms with van der Waals surface area (Å²) in [4.78, 5) is 23.7. The van der Waals surface area contributed by atoms with Gasteiger partial charge in [-0.05, 0) is 68.3 Å². The Bertz CT molecular complexity index is 1430. The number of carbonyl (C=O) groups excluding carboxylic acids is 1. The molecule has 0 aliphatic heterocycles. The van der Waals surface area contributed by atoms with Crippen LogP contribution in [-0.4, -0.2) is 32.4 Å². The number of aromatic hydroxyl groups is 1. The highest BCUT2D eigenvalue weighted by molar-refractivity contribution is 6.13. The van der Waals surface area contributed by atoms with Crippen LogP contribution in [0.25, 0.3) is 16.6 Å². The molecular weight excluding hydrogens is 418 g/mol. The summed E-state index contributed by atoms with van der Waals surface area (Å²) in [5.41, 5.74) is 7.44. The molecule has 0 radical (unpaired) electrons. The third-order valence-corrected chi connectivity index (χ3v) is 5.66. The van der Waals surface area contributed by atoms with Crippen LogP contribution >= 0.6 is 0 Å². The van der Waals surface area contributed by atoms with Gasteiger partial charge >= 0.3 is 5.97 Å². The van der Waals surface area contributed by atoms with Gasteiger partial charge in [0, 0.05) is 16.6 Å². The van der Waals surface area contributed by atoms with E-state index in [2.05, 4.69) is 10.5 Å². The van der Waals surface area contributed by atoms with Crippen LogP contribution in [0.15, 0.2) is 71.8 Å². The number of para-hydroxylation sites is 1. The summed E-state index contributed by atoms with van der Waals surface area (Å²) in [5.74, 6) is -1.65. The molecule has 0 bridgehead atoms. The van der Waals surface area contributed by atoms with E-state index < -0.39 is 11.9 Å². The summed E-state index contributed by atoms with van der Waals surface area (Å²) < 4.78 is 1.76. The number of nitrogens with zero attached hydrogens (tertiary/aromatic N) is 2. The van der Waals surface area contributed by atoms with E-state index >= 15 is 0 Å². The predicted octanol–water partition coefficient (Wildman–Crippen LogP) is 4.81. The second-order valence-corrected chi connectivity index (χ2v) is 7.84. The van der Waals surface area contributed by atoms with Gasteiger partial charge < -0.3 is 10.2 Å². The van der Waals surface area contributed by atoms with Crippen LogP contribution in [0.3, 0.4) is 0 Å². The van der Waals surface area contributed by atoms with E-state index in [0.717, 1.165) is 27.7 Å². The zero-order valence-corrected chi connectivity index (χ0v) is 18.5. The molecule has 7 heteroatoms. The summed E-state index contributed by atoms with van der Waals surface area (Å²) >= 11 is 0. The van der Waals surface area contributed by atoms with Crippen LogP contribution in [0.1, 0.15) is 44.3 Å². The van der Waals surface area contributed by atoms with E-state index in [1.807, 2.05) is 56.3 Å². The number of carboxylic acid groups (broad SMARTS) is 1. The SMILES string of the molecule is C/C(=N\NC(=O)c1cccc(C(=O)O)c1)c1c(O)n(-c2ccc(C)c(C)c2)c2ccccc12. The minimum Gasteiger partial charge on any atom is -0.494 e. The number of carbonyl (C=O) groups is 2. The van der Waals surface area contributed by atoms with Crippen molar-refractivity contribution in [2.75, 3.05) is 0 Å². The van der Waals surface area contributed by atoms with Crippen LogP contribution in [0.5, 0.6) is 5.88 Å². The maximum absolute atomic E-state index is 12.5. The highest BCUT2D eigenvalue weighted by Gasteiger charge is 2.20. The van der Waals surface area contributed by atoms with Gasteiger partial charge in [-0.3, -0.25) is 9.36 Å². The topological polar surface area (TPSA) is 104 Å². The fraction of sp³-hybridized carbons (Fsp3) is 0.115. The number of hydrogen-bond donors (Lipinski definition) is 3. The van der Waals surface area contributed by atoms with Crippen LogP contribution in [-0.2, 0) is 0 Å². The molecule has 4 rings (SSSR count). The molecule has 0 fully saturated rings. The lowest BCUT2D eigenvalue weighted by molar-refractivity contribution is 0.0697. The monoisotopic (exact) mass is 441 g/mol. The zero-order valence-electron chi connectivity index (χ0n) is 18.5. The molecule has 0 unspecified atom stereocenters. The van der Waals surface area contributed by atoms with E-state index in [4.69, 9.17) is 5.11 Å². The van der Waals surface area contributed by atoms with Crippen molar-refractivity contribution in [3.05, 3.63) is 94.5 Å². The predicted molar refractivity (Wildman–Crippen MR) is 127 cm³/mol. The summed E-state index contributed by atoms with van der Waals surface area (Å²) in [5, 5.41) is 25.3. The molecule has 33 heavy (non-hydrogen) atoms. The Hall–Kier alpha value is -4.39. The Morgan fingerprint density at radius 1 is 0.909 bits per heavy atom. The van der Waals surface area contributed by atoms with Gasteiger partial charge in [-0.2, -0.15) is 5.10 Å². The molecular formula is C26H23N3O4. The minimum absolute atomic E-state index is 0.0115. The second kappa shape index (κ2) is 8.63. The standard InChI is InChI=1S/C26H23N3O4/c1-15-11-12-20(13-16(15)2)29-22-10-5-4-9-21(22)23(25(29)31)17(3)27-28-24(30)18-7-6-8-19(14-18)26(32)33/h4-14,31H,1-3H3,(H,28,30)(H,32,33)/b27-17+. The van der Waals surface area contributed by atoms with Gasteiger partial charge in [-0.1, -0.05) is 30.3 Å². The quantitative estimate of drug-likeness (QED) is 0.305. The molecule has 1 aromatic heterocycles. The number of hydrazone groups is 1. The first kappa shape index (κ1) is 21.8. The van der Waals surface area contributed by atoms with E-state index in [9.17, 15) is 14.7 Å². The normalized spacial score (nSPS) is 11.5. The van der Waals surface area contributed by atoms with Gasteiger partial charge in [0.25, 0.3) is 5.91 Å². The van der Waals surface area contributed by atoms with Crippen LogP contribution in [0, 0.1) is 13.8 Å². The molecule has 1 amide bonds. The van der Waals surface area contributed by atoms with Crippen LogP contribution in [0.4, 0.5) is 0 Å². The summed E-state index contributed by atoms with van der Waals surface area (Å²) in [6.45, 7) is 5.74. The molecule has 0 saturated heterocycles. The van der Waals surface area contributed by atoms with Gasteiger partial charge in [0.15, 0.2) is 0 Å². The third kappa shape index (κ3) is 4.08. The van der Waals surface area contributed by atoms with E-state index in [1.165, 1.54) is 24.3 Å². The summed E-state index contributed by atoms with van der Waals surface area (Å²) in [6.07, 6.45) is 0. The Kier molecular flexibility index (Phi) is 5.70. The van der Waals surface area contributed by atoms with Gasteiger partial charge in [-0.25, -0.2) is 10.2 Å². The van der Waals surface area contributed by atoms with Crippen molar-refractivity contribution in [2.24, 2.45) is 5.10 Å². The molecule has 0 saturated carbocycles. The van der Waals surface area contributed by atoms with E-state index in [1.54, 1.807) is 11.5 Å². The Morgan fingerprint density at radius 3 is 2.36 bits per heavy atom. The molecule has 1 heterocycles. The van der Waals surface area contributed by atoms with Crippen molar-refractivity contribution in [3.8, 4) is 11.6 Å². The summed E-state index contributed by atoms with van der Waals surface area (Å²) in [7, 11) is 0. The molecule has 3 N–H and O–H groups in total. The number of carboxylic acids is 1. The second-order valence-electron chi connectivity index (χ2n) is 7.84. The highest BCUT2D eigenvalue weighted by Crippen LogP contribution is 2.35. The minimum atomic E-state index is -1.12. The first-order valence-electron chi connectivity index (χ1n) is 10.4. The lowest BCUT2D eigenvalue weighted by Crippen LogP contribution is -2.19. The maximum atomic E-state index is 12.5. The molecule has 0 atom stereocenters. The highest BCUT2D eigenvalue weighted by atomic mass is 16.4. The molecule has 0 aliphatic carbocycles. The average Bonchev–Trinajstić information content (AvgIpc) is 3.11. The molecule has 0 aliphatic rings. The van der Waals surface area contributed by atoms with Crippen molar-refractivity contribution >= 4 is 28.5 Å². The largest absolute Gasteiger partial charge is 0.494 e. The van der Waals surface area contributed by atoms with Crippen molar-refractivity contribution in [1.82, 2.24) is 9.99 Å². The van der Waals surface area contributed by atoms with Crippen LogP contribution < -0.4 is 5.43 Å². The number of benzene rings is 3. The lowest BCUT2D eigenvalue weighted by atomic mass is 10.1. The molecule has 0 spiro atoms. The summed E-state index contributed by atoms with van der Waals surface area (Å²) in [6, 6.07) is 19.2. The van der Waals surface area contributed by atoms with Gasteiger partial charge in [0.1, 0.15) is 0 Å². The van der Waals surface area contributed by atoms with Crippen molar-refractivity contribution < 1.29 is 19.8 Å². The number of amides is 1. The third-order valence-electron chi connectivity index (χ3n) is 5.66. The first-order valence-corrected chi connectivity index (χ1v) is 10.4. The van der Waals surface area contributed by atoms with Crippen molar-refractivity contribution in [2.45, 2.75) is 20.8 Å². The van der Waals surface area contributed by atoms with Gasteiger partial charge in [0.2, 0.25) is 5.88 Å². The number of aryl methyl sites for hydroxylation is 2. The fourth-order valence-corrected chi connectivity index (χ4v) is 3.76. The molecule has 166 valence electrons. The number of fused-ring (bicyclic) bond motifs is 1. The number of aromatic nitrogens is 1. The first-order chi connectivity index (χ1) is 15.8. The Labute approximate surface area is 190 Å².